The minimum Gasteiger partial charge on any atom is -0.212 e. The third-order valence-electron chi connectivity index (χ3n) is 3.39. The average molecular weight is 262 g/mol. The Bertz CT molecular complexity index is 340. The first kappa shape index (κ1) is 15.9. The maximum absolute atomic E-state index is 13.6. The molecule has 0 nitrogen and oxygen atoms in total. The van der Waals surface area contributed by atoms with Gasteiger partial charge in [-0.05, 0) is 24.5 Å². The van der Waals surface area contributed by atoms with E-state index in [9.17, 15) is 4.39 Å². The zero-order valence-electron chi connectivity index (χ0n) is 12.2. The maximum Gasteiger partial charge on any atom is 0.101 e. The number of hydrogen-bond acceptors (Lipinski definition) is 0. The molecule has 0 bridgehead atoms. The van der Waals surface area contributed by atoms with Crippen molar-refractivity contribution in [1.29, 1.82) is 0 Å². The van der Waals surface area contributed by atoms with Crippen LogP contribution in [0.3, 0.4) is 0 Å². The van der Waals surface area contributed by atoms with Gasteiger partial charge in [0.1, 0.15) is 5.83 Å². The quantitative estimate of drug-likeness (QED) is 0.421. The van der Waals surface area contributed by atoms with Gasteiger partial charge in [-0.25, -0.2) is 4.39 Å². The summed E-state index contributed by atoms with van der Waals surface area (Å²) >= 11 is 0. The topological polar surface area (TPSA) is 0 Å². The van der Waals surface area contributed by atoms with Gasteiger partial charge in [0, 0.05) is 0 Å². The molecule has 0 aromatic heterocycles. The molecule has 0 saturated heterocycles. The molecule has 0 unspecified atom stereocenters. The molecule has 0 radical (unpaired) electrons. The van der Waals surface area contributed by atoms with Gasteiger partial charge in [0.05, 0.1) is 0 Å². The summed E-state index contributed by atoms with van der Waals surface area (Å²) < 4.78 is 13.6. The van der Waals surface area contributed by atoms with E-state index in [0.717, 1.165) is 18.4 Å². The molecule has 1 aromatic rings. The minimum absolute atomic E-state index is 0.0113. The van der Waals surface area contributed by atoms with Crippen molar-refractivity contribution in [3.05, 3.63) is 41.7 Å². The summed E-state index contributed by atoms with van der Waals surface area (Å²) in [5.74, 6) is 0.0113. The smallest absolute Gasteiger partial charge is 0.101 e. The zero-order valence-corrected chi connectivity index (χ0v) is 12.2. The van der Waals surface area contributed by atoms with Gasteiger partial charge < -0.3 is 0 Å². The highest BCUT2D eigenvalue weighted by atomic mass is 19.1. The Hall–Kier alpha value is -1.11. The van der Waals surface area contributed by atoms with Crippen LogP contribution in [0, 0.1) is 0 Å². The molecule has 106 valence electrons. The first-order valence-corrected chi connectivity index (χ1v) is 7.74. The van der Waals surface area contributed by atoms with Crippen molar-refractivity contribution in [3.63, 3.8) is 0 Å². The van der Waals surface area contributed by atoms with Gasteiger partial charge in [-0.15, -0.1) is 0 Å². The molecule has 1 heteroatoms. The molecule has 19 heavy (non-hydrogen) atoms. The SMILES string of the molecule is CCCCCCCCCC/C(F)=C\c1ccccc1. The number of allylic oxidation sites excluding steroid dienone is 1. The van der Waals surface area contributed by atoms with E-state index in [2.05, 4.69) is 6.92 Å². The lowest BCUT2D eigenvalue weighted by Gasteiger charge is -2.01. The van der Waals surface area contributed by atoms with Crippen molar-refractivity contribution >= 4 is 6.08 Å². The van der Waals surface area contributed by atoms with Crippen LogP contribution in [0.15, 0.2) is 36.2 Å². The van der Waals surface area contributed by atoms with Gasteiger partial charge in [0.15, 0.2) is 0 Å². The summed E-state index contributed by atoms with van der Waals surface area (Å²) in [6.45, 7) is 2.24. The molecule has 0 atom stereocenters. The standard InChI is InChI=1S/C18H27F/c1-2-3-4-5-6-7-8-12-15-18(19)16-17-13-10-9-11-14-17/h9-11,13-14,16H,2-8,12,15H2,1H3/b18-16+. The van der Waals surface area contributed by atoms with Crippen LogP contribution >= 0.6 is 0 Å². The largest absolute Gasteiger partial charge is 0.212 e. The predicted molar refractivity (Wildman–Crippen MR) is 82.8 cm³/mol. The van der Waals surface area contributed by atoms with Gasteiger partial charge in [0.2, 0.25) is 0 Å². The highest BCUT2D eigenvalue weighted by Crippen LogP contribution is 2.16. The molecule has 1 aromatic carbocycles. The van der Waals surface area contributed by atoms with Crippen molar-refractivity contribution < 1.29 is 4.39 Å². The second-order valence-electron chi connectivity index (χ2n) is 5.23. The Morgan fingerprint density at radius 1 is 0.895 bits per heavy atom. The van der Waals surface area contributed by atoms with Crippen LogP contribution in [0.2, 0.25) is 0 Å². The fourth-order valence-electron chi connectivity index (χ4n) is 2.23. The number of hydrogen-bond donors (Lipinski definition) is 0. The molecular weight excluding hydrogens is 235 g/mol. The summed E-state index contributed by atoms with van der Waals surface area (Å²) in [6.07, 6.45) is 12.3. The van der Waals surface area contributed by atoms with Gasteiger partial charge in [-0.3, -0.25) is 0 Å². The van der Waals surface area contributed by atoms with Crippen LogP contribution in [0.4, 0.5) is 4.39 Å². The zero-order chi connectivity index (χ0) is 13.8. The van der Waals surface area contributed by atoms with Crippen LogP contribution in [-0.2, 0) is 0 Å². The second kappa shape index (κ2) is 10.8. The number of halogens is 1. The highest BCUT2D eigenvalue weighted by Gasteiger charge is 1.97. The lowest BCUT2D eigenvalue weighted by molar-refractivity contribution is 0.538. The summed E-state index contributed by atoms with van der Waals surface area (Å²) in [4.78, 5) is 0. The van der Waals surface area contributed by atoms with Crippen molar-refractivity contribution in [2.24, 2.45) is 0 Å². The Morgan fingerprint density at radius 3 is 2.11 bits per heavy atom. The van der Waals surface area contributed by atoms with E-state index in [1.165, 1.54) is 38.5 Å². The Kier molecular flexibility index (Phi) is 9.05. The van der Waals surface area contributed by atoms with E-state index in [0.29, 0.717) is 6.42 Å². The fourth-order valence-corrected chi connectivity index (χ4v) is 2.23. The molecule has 0 N–H and O–H groups in total. The van der Waals surface area contributed by atoms with Crippen LogP contribution in [-0.4, -0.2) is 0 Å². The van der Waals surface area contributed by atoms with E-state index >= 15 is 0 Å². The highest BCUT2D eigenvalue weighted by molar-refractivity contribution is 5.50. The molecule has 0 aliphatic heterocycles. The molecule has 0 spiro atoms. The molecule has 0 aliphatic carbocycles. The molecule has 0 fully saturated rings. The first-order valence-electron chi connectivity index (χ1n) is 7.74. The van der Waals surface area contributed by atoms with Crippen molar-refractivity contribution in [2.75, 3.05) is 0 Å². The summed E-state index contributed by atoms with van der Waals surface area (Å²) in [6, 6.07) is 9.71. The minimum atomic E-state index is 0.0113. The molecule has 0 heterocycles. The Balaban J connectivity index is 2.04. The van der Waals surface area contributed by atoms with E-state index in [4.69, 9.17) is 0 Å². The van der Waals surface area contributed by atoms with E-state index in [1.54, 1.807) is 6.08 Å². The van der Waals surface area contributed by atoms with Crippen molar-refractivity contribution in [3.8, 4) is 0 Å². The monoisotopic (exact) mass is 262 g/mol. The number of unbranched alkanes of at least 4 members (excludes halogenated alkanes) is 7. The maximum atomic E-state index is 13.6. The first-order chi connectivity index (χ1) is 9.33. The van der Waals surface area contributed by atoms with Crippen molar-refractivity contribution in [1.82, 2.24) is 0 Å². The summed E-state index contributed by atoms with van der Waals surface area (Å²) in [5.41, 5.74) is 0.958. The molecule has 0 aliphatic rings. The van der Waals surface area contributed by atoms with Crippen molar-refractivity contribution in [2.45, 2.75) is 64.7 Å². The van der Waals surface area contributed by atoms with Crippen LogP contribution < -0.4 is 0 Å². The third kappa shape index (κ3) is 8.58. The van der Waals surface area contributed by atoms with Crippen LogP contribution in [0.1, 0.15) is 70.3 Å². The van der Waals surface area contributed by atoms with Gasteiger partial charge in [0.25, 0.3) is 0 Å². The second-order valence-corrected chi connectivity index (χ2v) is 5.23. The molecule has 1 rings (SSSR count). The Morgan fingerprint density at radius 2 is 1.47 bits per heavy atom. The fraction of sp³-hybridized carbons (Fsp3) is 0.556. The molecule has 0 saturated carbocycles. The number of rotatable bonds is 10. The summed E-state index contributed by atoms with van der Waals surface area (Å²) in [5, 5.41) is 0. The van der Waals surface area contributed by atoms with Crippen LogP contribution in [0.5, 0.6) is 0 Å². The van der Waals surface area contributed by atoms with Gasteiger partial charge in [-0.1, -0.05) is 82.2 Å². The molecule has 0 amide bonds. The van der Waals surface area contributed by atoms with E-state index in [-0.39, 0.29) is 5.83 Å². The number of benzene rings is 1. The molecular formula is C18H27F. The van der Waals surface area contributed by atoms with Gasteiger partial charge >= 0.3 is 0 Å². The van der Waals surface area contributed by atoms with E-state index in [1.807, 2.05) is 30.3 Å². The van der Waals surface area contributed by atoms with Gasteiger partial charge in [-0.2, -0.15) is 0 Å². The predicted octanol–water partition coefficient (Wildman–Crippen LogP) is 6.53. The average Bonchev–Trinajstić information content (AvgIpc) is 2.43. The Labute approximate surface area is 117 Å². The summed E-state index contributed by atoms with van der Waals surface area (Å²) in [7, 11) is 0. The lowest BCUT2D eigenvalue weighted by atomic mass is 10.1. The van der Waals surface area contributed by atoms with E-state index < -0.39 is 0 Å². The normalized spacial score (nSPS) is 11.8. The lowest BCUT2D eigenvalue weighted by Crippen LogP contribution is -1.82. The third-order valence-corrected chi connectivity index (χ3v) is 3.39. The van der Waals surface area contributed by atoms with Crippen LogP contribution in [0.25, 0.3) is 6.08 Å².